The van der Waals surface area contributed by atoms with E-state index in [0.29, 0.717) is 28.8 Å². The molecule has 0 aliphatic carbocycles. The topological polar surface area (TPSA) is 138 Å². The molecule has 0 fully saturated rings. The van der Waals surface area contributed by atoms with E-state index in [1.807, 2.05) is 0 Å². The molecule has 202 valence electrons. The van der Waals surface area contributed by atoms with Gasteiger partial charge in [-0.05, 0) is 57.5 Å². The van der Waals surface area contributed by atoms with Crippen molar-refractivity contribution in [2.24, 2.45) is 5.73 Å². The van der Waals surface area contributed by atoms with Gasteiger partial charge < -0.3 is 20.5 Å². The molecule has 13 heteroatoms. The number of nitrogens with zero attached hydrogens (tertiary/aromatic N) is 3. The second kappa shape index (κ2) is 12.7. The van der Waals surface area contributed by atoms with Crippen LogP contribution in [0.1, 0.15) is 58.3 Å². The number of allylic oxidation sites excluding steroid dienone is 1. The highest BCUT2D eigenvalue weighted by Gasteiger charge is 2.27. The maximum atomic E-state index is 13.2. The maximum Gasteiger partial charge on any atom is 0.341 e. The summed E-state index contributed by atoms with van der Waals surface area (Å²) >= 11 is 2.04. The molecule has 0 saturated carbocycles. The number of carbonyl (C=O) groups excluding carboxylic acids is 3. The van der Waals surface area contributed by atoms with Gasteiger partial charge in [0.15, 0.2) is 17.1 Å². The lowest BCUT2D eigenvalue weighted by Crippen LogP contribution is -2.18. The van der Waals surface area contributed by atoms with Gasteiger partial charge in [0.25, 0.3) is 5.91 Å². The van der Waals surface area contributed by atoms with Gasteiger partial charge in [-0.15, -0.1) is 28.1 Å². The third-order valence-corrected chi connectivity index (χ3v) is 7.24. The van der Waals surface area contributed by atoms with Crippen molar-refractivity contribution in [2.75, 3.05) is 11.1 Å². The Labute approximate surface area is 227 Å². The van der Waals surface area contributed by atoms with E-state index in [1.165, 1.54) is 24.3 Å². The molecule has 3 rings (SSSR count). The van der Waals surface area contributed by atoms with Crippen LogP contribution >= 0.6 is 23.1 Å². The zero-order valence-corrected chi connectivity index (χ0v) is 23.0. The lowest BCUT2D eigenvalue weighted by atomic mass is 10.1. The SMILES string of the molecule is C=CCn1c(SCC(=O)Nc2sc(C(N)=O)c(C)c2C(=O)OC(C)C)nnc1C(C)Oc1ccc(F)cc1. The van der Waals surface area contributed by atoms with Crippen LogP contribution in [0.3, 0.4) is 0 Å². The molecule has 0 aliphatic heterocycles. The summed E-state index contributed by atoms with van der Waals surface area (Å²) in [6.07, 6.45) is 0.748. The first-order valence-corrected chi connectivity index (χ1v) is 13.3. The number of primary amides is 1. The summed E-state index contributed by atoms with van der Waals surface area (Å²) in [6, 6.07) is 5.63. The van der Waals surface area contributed by atoms with Gasteiger partial charge in [-0.1, -0.05) is 17.8 Å². The number of aromatic nitrogens is 3. The van der Waals surface area contributed by atoms with E-state index in [4.69, 9.17) is 15.2 Å². The number of anilines is 1. The molecule has 2 aromatic heterocycles. The van der Waals surface area contributed by atoms with Crippen molar-refractivity contribution in [1.29, 1.82) is 0 Å². The van der Waals surface area contributed by atoms with Crippen LogP contribution in [-0.2, 0) is 16.1 Å². The molecule has 3 N–H and O–H groups in total. The highest BCUT2D eigenvalue weighted by Crippen LogP contribution is 2.34. The van der Waals surface area contributed by atoms with Gasteiger partial charge in [-0.2, -0.15) is 0 Å². The smallest absolute Gasteiger partial charge is 0.341 e. The number of hydrogen-bond donors (Lipinski definition) is 2. The van der Waals surface area contributed by atoms with Crippen molar-refractivity contribution in [3.05, 3.63) is 64.6 Å². The van der Waals surface area contributed by atoms with Crippen molar-refractivity contribution in [2.45, 2.75) is 51.6 Å². The molecule has 2 amide bonds. The van der Waals surface area contributed by atoms with E-state index in [0.717, 1.165) is 23.1 Å². The highest BCUT2D eigenvalue weighted by atomic mass is 32.2. The summed E-state index contributed by atoms with van der Waals surface area (Å²) in [7, 11) is 0. The first-order valence-electron chi connectivity index (χ1n) is 11.5. The zero-order valence-electron chi connectivity index (χ0n) is 21.3. The molecule has 0 aliphatic rings. The van der Waals surface area contributed by atoms with Crippen LogP contribution in [0.5, 0.6) is 5.75 Å². The number of ether oxygens (including phenoxy) is 2. The van der Waals surface area contributed by atoms with E-state index < -0.39 is 30.0 Å². The number of nitrogens with one attached hydrogen (secondary N) is 1. The Bertz CT molecular complexity index is 1340. The number of thioether (sulfide) groups is 1. The van der Waals surface area contributed by atoms with Crippen LogP contribution < -0.4 is 15.8 Å². The third kappa shape index (κ3) is 6.98. The van der Waals surface area contributed by atoms with E-state index in [2.05, 4.69) is 22.1 Å². The number of carbonyl (C=O) groups is 3. The Kier molecular flexibility index (Phi) is 9.64. The lowest BCUT2D eigenvalue weighted by molar-refractivity contribution is -0.113. The second-order valence-corrected chi connectivity index (χ2v) is 10.3. The molecule has 0 radical (unpaired) electrons. The van der Waals surface area contributed by atoms with Gasteiger partial charge in [0.2, 0.25) is 5.91 Å². The predicted octanol–water partition coefficient (Wildman–Crippen LogP) is 4.51. The number of benzene rings is 1. The Morgan fingerprint density at radius 2 is 1.92 bits per heavy atom. The molecule has 38 heavy (non-hydrogen) atoms. The summed E-state index contributed by atoms with van der Waals surface area (Å²) < 4.78 is 26.1. The highest BCUT2D eigenvalue weighted by molar-refractivity contribution is 7.99. The molecule has 0 bridgehead atoms. The fourth-order valence-corrected chi connectivity index (χ4v) is 5.24. The predicted molar refractivity (Wildman–Crippen MR) is 143 cm³/mol. The Morgan fingerprint density at radius 1 is 1.24 bits per heavy atom. The van der Waals surface area contributed by atoms with E-state index in [9.17, 15) is 18.8 Å². The molecule has 2 heterocycles. The minimum absolute atomic E-state index is 0.0655. The summed E-state index contributed by atoms with van der Waals surface area (Å²) in [5.74, 6) is -1.27. The van der Waals surface area contributed by atoms with Crippen LogP contribution in [0, 0.1) is 12.7 Å². The normalized spacial score (nSPS) is 11.7. The van der Waals surface area contributed by atoms with Gasteiger partial charge in [-0.3, -0.25) is 14.2 Å². The Balaban J connectivity index is 1.74. The van der Waals surface area contributed by atoms with Crippen LogP contribution in [0.15, 0.2) is 42.1 Å². The fraction of sp³-hybridized carbons (Fsp3) is 0.320. The molecule has 1 unspecified atom stereocenters. The van der Waals surface area contributed by atoms with Crippen LogP contribution in [0.2, 0.25) is 0 Å². The molecule has 10 nitrogen and oxygen atoms in total. The van der Waals surface area contributed by atoms with Crippen molar-refractivity contribution in [3.63, 3.8) is 0 Å². The number of thiophene rings is 1. The largest absolute Gasteiger partial charge is 0.483 e. The second-order valence-electron chi connectivity index (χ2n) is 8.37. The minimum atomic E-state index is -0.706. The van der Waals surface area contributed by atoms with Crippen molar-refractivity contribution >= 4 is 45.9 Å². The summed E-state index contributed by atoms with van der Waals surface area (Å²) in [6.45, 7) is 10.9. The number of rotatable bonds is 12. The van der Waals surface area contributed by atoms with Crippen LogP contribution in [0.25, 0.3) is 0 Å². The number of hydrogen-bond acceptors (Lipinski definition) is 9. The lowest BCUT2D eigenvalue weighted by Gasteiger charge is -2.15. The molecule has 0 spiro atoms. The van der Waals surface area contributed by atoms with E-state index >= 15 is 0 Å². The standard InChI is InChI=1S/C25H28FN5O5S2/c1-6-11-31-22(15(5)36-17-9-7-16(26)8-10-17)29-30-25(31)37-12-18(32)28-23-19(24(34)35-13(2)3)14(4)20(38-23)21(27)33/h6-10,13,15H,1,11-12H2,2-5H3,(H2,27,33)(H,28,32). The monoisotopic (exact) mass is 561 g/mol. The van der Waals surface area contributed by atoms with Crippen LogP contribution in [0.4, 0.5) is 9.39 Å². The minimum Gasteiger partial charge on any atom is -0.483 e. The number of nitrogens with two attached hydrogens (primary N) is 1. The van der Waals surface area contributed by atoms with Crippen molar-refractivity contribution < 1.29 is 28.2 Å². The molecule has 3 aromatic rings. The molecule has 1 aromatic carbocycles. The Morgan fingerprint density at radius 3 is 2.53 bits per heavy atom. The quantitative estimate of drug-likeness (QED) is 0.187. The first kappa shape index (κ1) is 28.9. The summed E-state index contributed by atoms with van der Waals surface area (Å²) in [5, 5.41) is 11.7. The van der Waals surface area contributed by atoms with Crippen molar-refractivity contribution in [3.8, 4) is 5.75 Å². The molecular formula is C25H28FN5O5S2. The Hall–Kier alpha value is -3.71. The van der Waals surface area contributed by atoms with Gasteiger partial charge in [0, 0.05) is 6.54 Å². The fourth-order valence-electron chi connectivity index (χ4n) is 3.43. The summed E-state index contributed by atoms with van der Waals surface area (Å²) in [5.41, 5.74) is 5.89. The van der Waals surface area contributed by atoms with E-state index in [-0.39, 0.29) is 27.0 Å². The van der Waals surface area contributed by atoms with E-state index in [1.54, 1.807) is 38.3 Å². The molecule has 1 atom stereocenters. The molecular weight excluding hydrogens is 533 g/mol. The molecule has 0 saturated heterocycles. The average molecular weight is 562 g/mol. The number of esters is 1. The van der Waals surface area contributed by atoms with Gasteiger partial charge in [0.05, 0.1) is 22.3 Å². The van der Waals surface area contributed by atoms with Gasteiger partial charge in [0.1, 0.15) is 16.6 Å². The maximum absolute atomic E-state index is 13.2. The average Bonchev–Trinajstić information content (AvgIpc) is 3.39. The first-order chi connectivity index (χ1) is 18.0. The number of amides is 2. The third-order valence-electron chi connectivity index (χ3n) is 5.05. The number of halogens is 1. The summed E-state index contributed by atoms with van der Waals surface area (Å²) in [4.78, 5) is 37.5. The van der Waals surface area contributed by atoms with Crippen LogP contribution in [-0.4, -0.2) is 44.4 Å². The van der Waals surface area contributed by atoms with Gasteiger partial charge in [-0.25, -0.2) is 9.18 Å². The van der Waals surface area contributed by atoms with Gasteiger partial charge >= 0.3 is 5.97 Å². The van der Waals surface area contributed by atoms with Crippen molar-refractivity contribution in [1.82, 2.24) is 14.8 Å². The zero-order chi connectivity index (χ0) is 28.0.